The van der Waals surface area contributed by atoms with Crippen LogP contribution < -0.4 is 5.32 Å². The van der Waals surface area contributed by atoms with Crippen LogP contribution in [0.2, 0.25) is 0 Å². The third-order valence-corrected chi connectivity index (χ3v) is 4.64. The van der Waals surface area contributed by atoms with E-state index in [1.165, 1.54) is 11.1 Å². The fourth-order valence-electron chi connectivity index (χ4n) is 3.24. The van der Waals surface area contributed by atoms with Crippen LogP contribution in [0.1, 0.15) is 30.9 Å². The molecular formula is C16H22N2O. The van der Waals surface area contributed by atoms with Crippen molar-refractivity contribution >= 4 is 5.91 Å². The van der Waals surface area contributed by atoms with E-state index in [9.17, 15) is 4.79 Å². The molecule has 2 heterocycles. The van der Waals surface area contributed by atoms with E-state index in [-0.39, 0.29) is 5.41 Å². The van der Waals surface area contributed by atoms with Crippen molar-refractivity contribution in [3.05, 3.63) is 35.4 Å². The summed E-state index contributed by atoms with van der Waals surface area (Å²) in [7, 11) is 0. The molecule has 3 nitrogen and oxygen atoms in total. The van der Waals surface area contributed by atoms with Gasteiger partial charge in [0.05, 0.1) is 0 Å². The first kappa shape index (κ1) is 12.7. The summed E-state index contributed by atoms with van der Waals surface area (Å²) in [4.78, 5) is 14.8. The van der Waals surface area contributed by atoms with Crippen LogP contribution in [0.4, 0.5) is 0 Å². The van der Waals surface area contributed by atoms with Gasteiger partial charge in [0, 0.05) is 18.5 Å². The Bertz CT molecular complexity index is 477. The van der Waals surface area contributed by atoms with E-state index in [1.807, 2.05) is 0 Å². The van der Waals surface area contributed by atoms with Crippen LogP contribution in [0.25, 0.3) is 0 Å². The lowest BCUT2D eigenvalue weighted by atomic mass is 9.79. The fourth-order valence-corrected chi connectivity index (χ4v) is 3.24. The van der Waals surface area contributed by atoms with Crippen LogP contribution in [0.5, 0.6) is 0 Å². The van der Waals surface area contributed by atoms with Gasteiger partial charge in [-0.2, -0.15) is 0 Å². The number of nitrogens with zero attached hydrogens (tertiary/aromatic N) is 1. The Morgan fingerprint density at radius 3 is 2.63 bits per heavy atom. The van der Waals surface area contributed by atoms with Gasteiger partial charge in [-0.05, 0) is 43.5 Å². The summed E-state index contributed by atoms with van der Waals surface area (Å²) in [6.45, 7) is 5.73. The highest BCUT2D eigenvalue weighted by molar-refractivity contribution is 5.82. The second kappa shape index (κ2) is 4.97. The van der Waals surface area contributed by atoms with Crippen molar-refractivity contribution in [3.8, 4) is 0 Å². The van der Waals surface area contributed by atoms with Gasteiger partial charge in [0.15, 0.2) is 0 Å². The van der Waals surface area contributed by atoms with Crippen LogP contribution in [0.15, 0.2) is 24.3 Å². The number of nitrogens with one attached hydrogen (secondary N) is 1. The van der Waals surface area contributed by atoms with Crippen molar-refractivity contribution in [3.63, 3.8) is 0 Å². The van der Waals surface area contributed by atoms with Gasteiger partial charge in [-0.15, -0.1) is 0 Å². The molecule has 3 rings (SSSR count). The molecular weight excluding hydrogens is 236 g/mol. The Hall–Kier alpha value is -1.35. The third-order valence-electron chi connectivity index (χ3n) is 4.64. The van der Waals surface area contributed by atoms with Crippen LogP contribution >= 0.6 is 0 Å². The molecule has 1 amide bonds. The molecule has 0 unspecified atom stereocenters. The van der Waals surface area contributed by atoms with Crippen molar-refractivity contribution in [1.82, 2.24) is 10.2 Å². The Morgan fingerprint density at radius 1 is 1.21 bits per heavy atom. The van der Waals surface area contributed by atoms with Crippen LogP contribution in [0.3, 0.4) is 0 Å². The minimum Gasteiger partial charge on any atom is -0.338 e. The number of rotatable bonds is 1. The van der Waals surface area contributed by atoms with Crippen LogP contribution in [-0.4, -0.2) is 30.4 Å². The second-order valence-corrected chi connectivity index (χ2v) is 6.06. The zero-order chi connectivity index (χ0) is 13.3. The van der Waals surface area contributed by atoms with E-state index < -0.39 is 0 Å². The predicted molar refractivity (Wildman–Crippen MR) is 75.8 cm³/mol. The third kappa shape index (κ3) is 2.39. The highest BCUT2D eigenvalue weighted by Gasteiger charge is 2.38. The number of fused-ring (bicyclic) bond motifs is 1. The van der Waals surface area contributed by atoms with Crippen molar-refractivity contribution in [2.75, 3.05) is 19.6 Å². The molecule has 19 heavy (non-hydrogen) atoms. The fraction of sp³-hybridized carbons (Fsp3) is 0.562. The second-order valence-electron chi connectivity index (χ2n) is 6.06. The Morgan fingerprint density at radius 2 is 1.89 bits per heavy atom. The quantitative estimate of drug-likeness (QED) is 0.835. The van der Waals surface area contributed by atoms with Crippen molar-refractivity contribution in [1.29, 1.82) is 0 Å². The molecule has 0 saturated carbocycles. The zero-order valence-corrected chi connectivity index (χ0v) is 11.6. The molecule has 1 N–H and O–H groups in total. The molecule has 1 aromatic carbocycles. The first-order valence-electron chi connectivity index (χ1n) is 7.26. The molecule has 0 aliphatic carbocycles. The average molecular weight is 258 g/mol. The van der Waals surface area contributed by atoms with Gasteiger partial charge in [0.1, 0.15) is 0 Å². The molecule has 2 aliphatic rings. The number of carbonyl (C=O) groups excluding carboxylic acids is 1. The number of benzene rings is 1. The smallest absolute Gasteiger partial charge is 0.228 e. The molecule has 0 radical (unpaired) electrons. The molecule has 1 saturated heterocycles. The SMILES string of the molecule is CC1(C(=O)N2CCc3ccccc3C2)CCNCC1. The maximum Gasteiger partial charge on any atom is 0.228 e. The summed E-state index contributed by atoms with van der Waals surface area (Å²) in [5.74, 6) is 0.350. The highest BCUT2D eigenvalue weighted by Crippen LogP contribution is 2.32. The minimum absolute atomic E-state index is 0.155. The molecule has 0 aromatic heterocycles. The number of carbonyl (C=O) groups is 1. The van der Waals surface area contributed by atoms with Gasteiger partial charge in [-0.3, -0.25) is 4.79 Å². The summed E-state index contributed by atoms with van der Waals surface area (Å²) in [5, 5.41) is 3.34. The first-order valence-corrected chi connectivity index (χ1v) is 7.26. The summed E-state index contributed by atoms with van der Waals surface area (Å²) in [6.07, 6.45) is 2.92. The van der Waals surface area contributed by atoms with Gasteiger partial charge < -0.3 is 10.2 Å². The summed E-state index contributed by atoms with van der Waals surface area (Å²) >= 11 is 0. The minimum atomic E-state index is -0.155. The van der Waals surface area contributed by atoms with E-state index in [0.717, 1.165) is 45.4 Å². The van der Waals surface area contributed by atoms with Crippen molar-refractivity contribution < 1.29 is 4.79 Å². The van der Waals surface area contributed by atoms with E-state index in [0.29, 0.717) is 5.91 Å². The molecule has 3 heteroatoms. The highest BCUT2D eigenvalue weighted by atomic mass is 16.2. The molecule has 1 aromatic rings. The van der Waals surface area contributed by atoms with Crippen molar-refractivity contribution in [2.24, 2.45) is 5.41 Å². The van der Waals surface area contributed by atoms with Crippen molar-refractivity contribution in [2.45, 2.75) is 32.7 Å². The molecule has 2 aliphatic heterocycles. The molecule has 1 fully saturated rings. The number of hydrogen-bond acceptors (Lipinski definition) is 2. The lowest BCUT2D eigenvalue weighted by Gasteiger charge is -2.39. The number of amides is 1. The van der Waals surface area contributed by atoms with Crippen LogP contribution in [-0.2, 0) is 17.8 Å². The normalized spacial score (nSPS) is 21.8. The molecule has 0 atom stereocenters. The van der Waals surface area contributed by atoms with Gasteiger partial charge >= 0.3 is 0 Å². The van der Waals surface area contributed by atoms with E-state index in [4.69, 9.17) is 0 Å². The van der Waals surface area contributed by atoms with Gasteiger partial charge in [-0.1, -0.05) is 31.2 Å². The van der Waals surface area contributed by atoms with E-state index in [1.54, 1.807) is 0 Å². The van der Waals surface area contributed by atoms with E-state index >= 15 is 0 Å². The number of piperidine rings is 1. The summed E-state index contributed by atoms with van der Waals surface area (Å²) in [5.41, 5.74) is 2.57. The van der Waals surface area contributed by atoms with Crippen LogP contribution in [0, 0.1) is 5.41 Å². The summed E-state index contributed by atoms with van der Waals surface area (Å²) < 4.78 is 0. The molecule has 102 valence electrons. The Balaban J connectivity index is 1.75. The molecule has 0 spiro atoms. The van der Waals surface area contributed by atoms with Gasteiger partial charge in [0.2, 0.25) is 5.91 Å². The monoisotopic (exact) mass is 258 g/mol. The largest absolute Gasteiger partial charge is 0.338 e. The lowest BCUT2D eigenvalue weighted by molar-refractivity contribution is -0.143. The molecule has 0 bridgehead atoms. The van der Waals surface area contributed by atoms with Gasteiger partial charge in [-0.25, -0.2) is 0 Å². The standard InChI is InChI=1S/C16H22N2O/c1-16(7-9-17-10-8-16)15(19)18-11-6-13-4-2-3-5-14(13)12-18/h2-5,17H,6-12H2,1H3. The van der Waals surface area contributed by atoms with Gasteiger partial charge in [0.25, 0.3) is 0 Å². The maximum atomic E-state index is 12.8. The first-order chi connectivity index (χ1) is 9.19. The topological polar surface area (TPSA) is 32.3 Å². The zero-order valence-electron chi connectivity index (χ0n) is 11.6. The lowest BCUT2D eigenvalue weighted by Crippen LogP contribution is -2.49. The Labute approximate surface area is 115 Å². The average Bonchev–Trinajstić information content (AvgIpc) is 2.47. The van der Waals surface area contributed by atoms with E-state index in [2.05, 4.69) is 41.4 Å². The maximum absolute atomic E-state index is 12.8. The Kier molecular flexibility index (Phi) is 3.31. The predicted octanol–water partition coefficient (Wildman–Crippen LogP) is 1.96. The summed E-state index contributed by atoms with van der Waals surface area (Å²) in [6, 6.07) is 8.49. The number of hydrogen-bond donors (Lipinski definition) is 1.